The lowest BCUT2D eigenvalue weighted by molar-refractivity contribution is 1.18. The van der Waals surface area contributed by atoms with E-state index in [-0.39, 0.29) is 5.56 Å². The summed E-state index contributed by atoms with van der Waals surface area (Å²) in [5.41, 5.74) is 5.11. The van der Waals surface area contributed by atoms with Crippen LogP contribution in [0.3, 0.4) is 0 Å². The van der Waals surface area contributed by atoms with Crippen molar-refractivity contribution in [2.45, 2.75) is 13.8 Å². The Morgan fingerprint density at radius 3 is 2.70 bits per heavy atom. The average Bonchev–Trinajstić information content (AvgIpc) is 3.00. The molecule has 2 aromatic heterocycles. The molecule has 4 rings (SSSR count). The van der Waals surface area contributed by atoms with Crippen molar-refractivity contribution in [1.82, 2.24) is 9.38 Å². The highest BCUT2D eigenvalue weighted by Gasteiger charge is 2.12. The Morgan fingerprint density at radius 1 is 1.17 bits per heavy atom. The molecule has 0 aliphatic carbocycles. The summed E-state index contributed by atoms with van der Waals surface area (Å²) in [7, 11) is 0. The molecular weight excluding hydrogens is 372 g/mol. The Hall–Kier alpha value is -1.98. The zero-order chi connectivity index (χ0) is 16.1. The molecule has 5 heteroatoms. The molecule has 0 fully saturated rings. The van der Waals surface area contributed by atoms with Crippen molar-refractivity contribution < 1.29 is 0 Å². The van der Waals surface area contributed by atoms with Crippen molar-refractivity contribution in [1.29, 1.82) is 0 Å². The smallest absolute Gasteiger partial charge is 0.267 e. The predicted octanol–water partition coefficient (Wildman–Crippen LogP) is 3.84. The SMILES string of the molecule is Cc1cc2nc3s/c(=C/c4ccccc4Br)c(=O)n3c2cc1C. The molecule has 4 aromatic rings. The van der Waals surface area contributed by atoms with Gasteiger partial charge in [-0.15, -0.1) is 0 Å². The van der Waals surface area contributed by atoms with Crippen LogP contribution in [0, 0.1) is 13.8 Å². The van der Waals surface area contributed by atoms with Crippen LogP contribution in [-0.2, 0) is 0 Å². The number of nitrogens with zero attached hydrogens (tertiary/aromatic N) is 2. The van der Waals surface area contributed by atoms with E-state index in [0.29, 0.717) is 4.53 Å². The molecule has 0 saturated heterocycles. The minimum Gasteiger partial charge on any atom is -0.267 e. The molecule has 0 aliphatic heterocycles. The number of benzene rings is 2. The van der Waals surface area contributed by atoms with Crippen molar-refractivity contribution >= 4 is 49.3 Å². The molecule has 0 spiro atoms. The number of rotatable bonds is 1. The fraction of sp³-hybridized carbons (Fsp3) is 0.111. The Bertz CT molecular complexity index is 1170. The average molecular weight is 385 g/mol. The van der Waals surface area contributed by atoms with Gasteiger partial charge in [-0.3, -0.25) is 4.79 Å². The second kappa shape index (κ2) is 5.28. The monoisotopic (exact) mass is 384 g/mol. The molecule has 0 amide bonds. The minimum atomic E-state index is -0.00786. The standard InChI is InChI=1S/C18H13BrN2OS/c1-10-7-14-15(8-11(10)2)21-17(22)16(23-18(21)20-14)9-12-5-3-4-6-13(12)19/h3-9H,1-2H3/b16-9+. The lowest BCUT2D eigenvalue weighted by Gasteiger charge is -1.98. The predicted molar refractivity (Wildman–Crippen MR) is 99.2 cm³/mol. The van der Waals surface area contributed by atoms with Crippen molar-refractivity contribution in [3.63, 3.8) is 0 Å². The molecule has 0 N–H and O–H groups in total. The summed E-state index contributed by atoms with van der Waals surface area (Å²) in [5, 5.41) is 0. The first-order valence-electron chi connectivity index (χ1n) is 7.23. The van der Waals surface area contributed by atoms with Gasteiger partial charge in [-0.1, -0.05) is 45.5 Å². The third-order valence-electron chi connectivity index (χ3n) is 4.05. The van der Waals surface area contributed by atoms with Gasteiger partial charge in [-0.25, -0.2) is 9.38 Å². The zero-order valence-corrected chi connectivity index (χ0v) is 15.0. The van der Waals surface area contributed by atoms with Crippen LogP contribution in [0.15, 0.2) is 45.7 Å². The van der Waals surface area contributed by atoms with Crippen LogP contribution in [0.25, 0.3) is 22.1 Å². The first-order chi connectivity index (χ1) is 11.0. The van der Waals surface area contributed by atoms with E-state index in [2.05, 4.69) is 34.8 Å². The molecule has 0 unspecified atom stereocenters. The highest BCUT2D eigenvalue weighted by Crippen LogP contribution is 2.21. The van der Waals surface area contributed by atoms with E-state index in [4.69, 9.17) is 0 Å². The third-order valence-corrected chi connectivity index (χ3v) is 5.74. The number of hydrogen-bond donors (Lipinski definition) is 0. The number of thiazole rings is 1. The molecule has 0 radical (unpaired) electrons. The van der Waals surface area contributed by atoms with Crippen LogP contribution in [0.5, 0.6) is 0 Å². The Labute approximate surface area is 145 Å². The number of imidazole rings is 1. The van der Waals surface area contributed by atoms with E-state index in [1.54, 1.807) is 4.40 Å². The molecule has 3 nitrogen and oxygen atoms in total. The van der Waals surface area contributed by atoms with Gasteiger partial charge >= 0.3 is 0 Å². The summed E-state index contributed by atoms with van der Waals surface area (Å²) < 4.78 is 3.39. The minimum absolute atomic E-state index is 0.00786. The van der Waals surface area contributed by atoms with Crippen LogP contribution >= 0.6 is 27.3 Å². The second-order valence-corrected chi connectivity index (χ2v) is 7.46. The maximum atomic E-state index is 12.8. The van der Waals surface area contributed by atoms with Crippen LogP contribution in [0.4, 0.5) is 0 Å². The summed E-state index contributed by atoms with van der Waals surface area (Å²) in [6.45, 7) is 4.12. The molecule has 2 heterocycles. The van der Waals surface area contributed by atoms with Gasteiger partial charge in [0, 0.05) is 4.47 Å². The number of aromatic nitrogens is 2. The van der Waals surface area contributed by atoms with Crippen molar-refractivity contribution in [3.05, 3.63) is 72.4 Å². The van der Waals surface area contributed by atoms with Crippen LogP contribution in [0.2, 0.25) is 0 Å². The van der Waals surface area contributed by atoms with Gasteiger partial charge in [0.2, 0.25) is 0 Å². The lowest BCUT2D eigenvalue weighted by Crippen LogP contribution is -2.22. The van der Waals surface area contributed by atoms with E-state index in [9.17, 15) is 4.79 Å². The summed E-state index contributed by atoms with van der Waals surface area (Å²) in [4.78, 5) is 18.2. The van der Waals surface area contributed by atoms with Gasteiger partial charge in [0.05, 0.1) is 15.6 Å². The number of halogens is 1. The van der Waals surface area contributed by atoms with E-state index < -0.39 is 0 Å². The van der Waals surface area contributed by atoms with Gasteiger partial charge in [0.1, 0.15) is 0 Å². The van der Waals surface area contributed by atoms with E-state index in [1.165, 1.54) is 22.5 Å². The highest BCUT2D eigenvalue weighted by molar-refractivity contribution is 9.10. The fourth-order valence-electron chi connectivity index (χ4n) is 2.65. The van der Waals surface area contributed by atoms with E-state index in [1.807, 2.05) is 42.5 Å². The van der Waals surface area contributed by atoms with Gasteiger partial charge in [0.25, 0.3) is 5.56 Å². The molecule has 0 bridgehead atoms. The third kappa shape index (κ3) is 2.31. The van der Waals surface area contributed by atoms with Gasteiger partial charge in [-0.2, -0.15) is 0 Å². The van der Waals surface area contributed by atoms with Gasteiger partial charge in [-0.05, 0) is 54.8 Å². The van der Waals surface area contributed by atoms with Crippen molar-refractivity contribution in [2.24, 2.45) is 0 Å². The summed E-state index contributed by atoms with van der Waals surface area (Å²) in [6, 6.07) is 12.0. The quantitative estimate of drug-likeness (QED) is 0.499. The summed E-state index contributed by atoms with van der Waals surface area (Å²) in [5.74, 6) is 0. The number of aryl methyl sites for hydroxylation is 2. The maximum absolute atomic E-state index is 12.8. The van der Waals surface area contributed by atoms with Crippen LogP contribution in [-0.4, -0.2) is 9.38 Å². The maximum Gasteiger partial charge on any atom is 0.274 e. The number of hydrogen-bond acceptors (Lipinski definition) is 3. The number of fused-ring (bicyclic) bond motifs is 3. The molecule has 114 valence electrons. The molecule has 0 saturated carbocycles. The molecule has 23 heavy (non-hydrogen) atoms. The summed E-state index contributed by atoms with van der Waals surface area (Å²) in [6.07, 6.45) is 1.92. The first kappa shape index (κ1) is 14.6. The molecule has 2 aromatic carbocycles. The highest BCUT2D eigenvalue weighted by atomic mass is 79.9. The topological polar surface area (TPSA) is 34.4 Å². The van der Waals surface area contributed by atoms with Crippen LogP contribution < -0.4 is 10.1 Å². The van der Waals surface area contributed by atoms with Crippen molar-refractivity contribution in [2.75, 3.05) is 0 Å². The van der Waals surface area contributed by atoms with Gasteiger partial charge < -0.3 is 0 Å². The normalized spacial score (nSPS) is 12.6. The fourth-order valence-corrected chi connectivity index (χ4v) is 4.03. The van der Waals surface area contributed by atoms with Crippen LogP contribution in [0.1, 0.15) is 16.7 Å². The lowest BCUT2D eigenvalue weighted by atomic mass is 10.1. The van der Waals surface area contributed by atoms with Crippen molar-refractivity contribution in [3.8, 4) is 0 Å². The molecule has 0 aliphatic rings. The van der Waals surface area contributed by atoms with E-state index in [0.717, 1.165) is 26.0 Å². The largest absolute Gasteiger partial charge is 0.274 e. The Kier molecular flexibility index (Phi) is 3.36. The Balaban J connectivity index is 2.05. The molecular formula is C18H13BrN2OS. The summed E-state index contributed by atoms with van der Waals surface area (Å²) >= 11 is 4.95. The van der Waals surface area contributed by atoms with Gasteiger partial charge in [0.15, 0.2) is 4.96 Å². The first-order valence-corrected chi connectivity index (χ1v) is 8.84. The second-order valence-electron chi connectivity index (χ2n) is 5.59. The Morgan fingerprint density at radius 2 is 1.91 bits per heavy atom. The molecule has 0 atom stereocenters. The zero-order valence-electron chi connectivity index (χ0n) is 12.6. The van der Waals surface area contributed by atoms with E-state index >= 15 is 0 Å².